The van der Waals surface area contributed by atoms with E-state index in [1.807, 2.05) is 24.3 Å². The molecule has 9 rings (SSSR count). The Balaban J connectivity index is 1.36. The molecule has 0 amide bonds. The molecule has 3 heterocycles. The van der Waals surface area contributed by atoms with Crippen molar-refractivity contribution in [3.05, 3.63) is 132 Å². The molecule has 0 saturated heterocycles. The predicted octanol–water partition coefficient (Wildman–Crippen LogP) is 11.9. The Hall–Kier alpha value is -5.37. The zero-order chi connectivity index (χ0) is 28.8. The van der Waals surface area contributed by atoms with Gasteiger partial charge in [0, 0.05) is 31.6 Å². The molecular weight excluding hydrogens is 545 g/mol. The smallest absolute Gasteiger partial charge is 0.204 e. The van der Waals surface area contributed by atoms with Crippen LogP contribution in [-0.4, -0.2) is 4.57 Å². The molecule has 0 aliphatic rings. The number of nitrogens with zero attached hydrogens (tertiary/aromatic N) is 2. The van der Waals surface area contributed by atoms with Crippen molar-refractivity contribution in [2.45, 2.75) is 13.8 Å². The molecule has 6 aromatic carbocycles. The van der Waals surface area contributed by atoms with E-state index in [1.54, 1.807) is 11.3 Å². The van der Waals surface area contributed by atoms with Crippen molar-refractivity contribution in [3.63, 3.8) is 0 Å². The second-order valence-corrected chi connectivity index (χ2v) is 12.4. The largest absolute Gasteiger partial charge is 0.456 e. The lowest BCUT2D eigenvalue weighted by Crippen LogP contribution is -1.94. The van der Waals surface area contributed by atoms with E-state index >= 15 is 0 Å². The zero-order valence-electron chi connectivity index (χ0n) is 23.6. The van der Waals surface area contributed by atoms with Crippen LogP contribution in [-0.2, 0) is 0 Å². The standard InChI is InChI=1S/C39H24N2OS/c1-22-11-17-32-29(19-22)30-20-23(2)12-18-33(30)41(32)34-9-6-8-28-37-25(15-16-31(40-3)39(37)43-38(28)34)24-13-14-27-26-7-4-5-10-35(26)42-36(27)21-24/h4-21H,1-2H3. The van der Waals surface area contributed by atoms with Gasteiger partial charge in [0.25, 0.3) is 0 Å². The summed E-state index contributed by atoms with van der Waals surface area (Å²) in [6.45, 7) is 12.3. The first-order valence-electron chi connectivity index (χ1n) is 14.4. The van der Waals surface area contributed by atoms with Gasteiger partial charge in [-0.3, -0.25) is 0 Å². The number of thiophene rings is 1. The topological polar surface area (TPSA) is 22.4 Å². The van der Waals surface area contributed by atoms with Crippen molar-refractivity contribution >= 4 is 80.9 Å². The maximum atomic E-state index is 8.00. The molecule has 202 valence electrons. The number of rotatable bonds is 2. The highest BCUT2D eigenvalue weighted by Gasteiger charge is 2.20. The minimum Gasteiger partial charge on any atom is -0.456 e. The first kappa shape index (κ1) is 24.2. The third kappa shape index (κ3) is 3.40. The number of aromatic nitrogens is 1. The molecular formula is C39H24N2OS. The molecule has 0 fully saturated rings. The van der Waals surface area contributed by atoms with E-state index in [9.17, 15) is 0 Å². The lowest BCUT2D eigenvalue weighted by molar-refractivity contribution is 0.669. The molecule has 0 saturated carbocycles. The van der Waals surface area contributed by atoms with Crippen molar-refractivity contribution < 1.29 is 4.42 Å². The summed E-state index contributed by atoms with van der Waals surface area (Å²) in [5.41, 5.74) is 10.7. The number of para-hydroxylation sites is 1. The van der Waals surface area contributed by atoms with Gasteiger partial charge in [0.05, 0.1) is 28.0 Å². The van der Waals surface area contributed by atoms with Gasteiger partial charge in [0.1, 0.15) is 11.2 Å². The maximum absolute atomic E-state index is 8.00. The Bertz CT molecular complexity index is 2600. The second-order valence-electron chi connectivity index (χ2n) is 11.4. The number of benzene rings is 6. The summed E-state index contributed by atoms with van der Waals surface area (Å²) < 4.78 is 10.9. The van der Waals surface area contributed by atoms with E-state index in [1.165, 1.54) is 37.6 Å². The summed E-state index contributed by atoms with van der Waals surface area (Å²) in [7, 11) is 0. The van der Waals surface area contributed by atoms with Crippen LogP contribution >= 0.6 is 11.3 Å². The van der Waals surface area contributed by atoms with Crippen LogP contribution < -0.4 is 0 Å². The van der Waals surface area contributed by atoms with Gasteiger partial charge in [-0.2, -0.15) is 0 Å². The van der Waals surface area contributed by atoms with Gasteiger partial charge < -0.3 is 8.98 Å². The number of aryl methyl sites for hydroxylation is 2. The third-order valence-electron chi connectivity index (χ3n) is 8.73. The summed E-state index contributed by atoms with van der Waals surface area (Å²) >= 11 is 1.72. The van der Waals surface area contributed by atoms with Crippen molar-refractivity contribution in [1.82, 2.24) is 4.57 Å². The Kier molecular flexibility index (Phi) is 4.97. The monoisotopic (exact) mass is 568 g/mol. The van der Waals surface area contributed by atoms with E-state index in [0.29, 0.717) is 5.69 Å². The molecule has 0 bridgehead atoms. The molecule has 9 aromatic rings. The molecule has 0 aliphatic carbocycles. The molecule has 4 heteroatoms. The van der Waals surface area contributed by atoms with E-state index < -0.39 is 0 Å². The summed E-state index contributed by atoms with van der Waals surface area (Å²) in [6, 6.07) is 38.8. The fourth-order valence-corrected chi connectivity index (χ4v) is 8.07. The summed E-state index contributed by atoms with van der Waals surface area (Å²) in [6.07, 6.45) is 0. The second kappa shape index (κ2) is 8.82. The van der Waals surface area contributed by atoms with E-state index in [-0.39, 0.29) is 0 Å². The van der Waals surface area contributed by atoms with E-state index in [0.717, 1.165) is 54.2 Å². The van der Waals surface area contributed by atoms with Gasteiger partial charge in [-0.25, -0.2) is 4.85 Å². The predicted molar refractivity (Wildman–Crippen MR) is 182 cm³/mol. The highest BCUT2D eigenvalue weighted by molar-refractivity contribution is 7.27. The minimum atomic E-state index is 0.684. The average Bonchev–Trinajstić information content (AvgIpc) is 3.70. The third-order valence-corrected chi connectivity index (χ3v) is 9.98. The minimum absolute atomic E-state index is 0.684. The quantitative estimate of drug-likeness (QED) is 0.190. The molecule has 0 N–H and O–H groups in total. The van der Waals surface area contributed by atoms with Crippen LogP contribution in [0.4, 0.5) is 5.69 Å². The van der Waals surface area contributed by atoms with Crippen molar-refractivity contribution in [2.24, 2.45) is 0 Å². The normalized spacial score (nSPS) is 11.9. The van der Waals surface area contributed by atoms with Gasteiger partial charge in [-0.15, -0.1) is 11.3 Å². The first-order chi connectivity index (χ1) is 21.1. The van der Waals surface area contributed by atoms with Crippen molar-refractivity contribution in [3.8, 4) is 16.8 Å². The zero-order valence-corrected chi connectivity index (χ0v) is 24.4. The number of furan rings is 1. The van der Waals surface area contributed by atoms with Crippen LogP contribution in [0.3, 0.4) is 0 Å². The molecule has 0 atom stereocenters. The Labute approximate surface area is 251 Å². The van der Waals surface area contributed by atoms with Crippen LogP contribution in [0.5, 0.6) is 0 Å². The Morgan fingerprint density at radius 3 is 2.12 bits per heavy atom. The van der Waals surface area contributed by atoms with Crippen LogP contribution in [0.15, 0.2) is 114 Å². The van der Waals surface area contributed by atoms with Gasteiger partial charge in [-0.05, 0) is 78.9 Å². The SMILES string of the molecule is [C-]#[N+]c1ccc(-c2ccc3c(c2)oc2ccccc23)c2c1sc1c(-n3c4ccc(C)cc4c4cc(C)ccc43)cccc12. The average molecular weight is 569 g/mol. The molecule has 0 radical (unpaired) electrons. The van der Waals surface area contributed by atoms with Gasteiger partial charge in [0.2, 0.25) is 5.69 Å². The van der Waals surface area contributed by atoms with Crippen LogP contribution in [0.2, 0.25) is 0 Å². The highest BCUT2D eigenvalue weighted by atomic mass is 32.1. The summed E-state index contributed by atoms with van der Waals surface area (Å²) in [5, 5.41) is 7.05. The Morgan fingerprint density at radius 2 is 1.35 bits per heavy atom. The van der Waals surface area contributed by atoms with E-state index in [2.05, 4.69) is 108 Å². The fourth-order valence-electron chi connectivity index (χ4n) is 6.78. The number of hydrogen-bond donors (Lipinski definition) is 0. The highest BCUT2D eigenvalue weighted by Crippen LogP contribution is 2.48. The maximum Gasteiger partial charge on any atom is 0.204 e. The fraction of sp³-hybridized carbons (Fsp3) is 0.0513. The van der Waals surface area contributed by atoms with Crippen LogP contribution in [0, 0.1) is 20.4 Å². The lowest BCUT2D eigenvalue weighted by atomic mass is 9.97. The van der Waals surface area contributed by atoms with Gasteiger partial charge in [0.15, 0.2) is 0 Å². The molecule has 0 spiro atoms. The first-order valence-corrected chi connectivity index (χ1v) is 15.2. The van der Waals surface area contributed by atoms with Crippen LogP contribution in [0.1, 0.15) is 11.1 Å². The molecule has 3 aromatic heterocycles. The summed E-state index contributed by atoms with van der Waals surface area (Å²) in [4.78, 5) is 3.95. The van der Waals surface area contributed by atoms with Crippen molar-refractivity contribution in [2.75, 3.05) is 0 Å². The Morgan fingerprint density at radius 1 is 0.628 bits per heavy atom. The number of fused-ring (bicyclic) bond motifs is 9. The number of hydrogen-bond acceptors (Lipinski definition) is 2. The van der Waals surface area contributed by atoms with E-state index in [4.69, 9.17) is 11.0 Å². The lowest BCUT2D eigenvalue weighted by Gasteiger charge is -2.10. The van der Waals surface area contributed by atoms with Crippen LogP contribution in [0.25, 0.3) is 85.6 Å². The molecule has 3 nitrogen and oxygen atoms in total. The molecule has 0 aliphatic heterocycles. The van der Waals surface area contributed by atoms with Crippen molar-refractivity contribution in [1.29, 1.82) is 0 Å². The summed E-state index contributed by atoms with van der Waals surface area (Å²) in [5.74, 6) is 0. The molecule has 0 unspecified atom stereocenters. The molecule has 43 heavy (non-hydrogen) atoms. The van der Waals surface area contributed by atoms with Gasteiger partial charge in [-0.1, -0.05) is 71.8 Å². The van der Waals surface area contributed by atoms with Gasteiger partial charge >= 0.3 is 0 Å².